The number of thioether (sulfide) groups is 1. The first kappa shape index (κ1) is 17.8. The molecule has 0 bridgehead atoms. The summed E-state index contributed by atoms with van der Waals surface area (Å²) in [5.74, 6) is -0.634. The highest BCUT2D eigenvalue weighted by atomic mass is 32.2. The van der Waals surface area contributed by atoms with Crippen molar-refractivity contribution in [2.45, 2.75) is 6.92 Å². The highest BCUT2D eigenvalue weighted by Gasteiger charge is 2.32. The van der Waals surface area contributed by atoms with Gasteiger partial charge in [0.1, 0.15) is 5.82 Å². The molecule has 0 radical (unpaired) electrons. The Kier molecular flexibility index (Phi) is 5.13. The number of hydrogen-bond acceptors (Lipinski definition) is 5. The van der Waals surface area contributed by atoms with Gasteiger partial charge in [-0.15, -0.1) is 0 Å². The van der Waals surface area contributed by atoms with Crippen LogP contribution in [-0.2, 0) is 4.79 Å². The lowest BCUT2D eigenvalue weighted by molar-refractivity contribution is -0.385. The molecule has 3 rings (SSSR count). The fourth-order valence-electron chi connectivity index (χ4n) is 2.41. The van der Waals surface area contributed by atoms with Crippen molar-refractivity contribution >= 4 is 40.3 Å². The molecule has 1 amide bonds. The van der Waals surface area contributed by atoms with E-state index in [1.165, 1.54) is 41.3 Å². The number of carbonyl (C=O) groups is 1. The van der Waals surface area contributed by atoms with Gasteiger partial charge in [-0.05, 0) is 55.1 Å². The van der Waals surface area contributed by atoms with Crippen LogP contribution in [0.4, 0.5) is 15.8 Å². The van der Waals surface area contributed by atoms with Crippen LogP contribution < -0.4 is 0 Å². The minimum absolute atomic E-state index is 0.0691. The monoisotopic (exact) mass is 371 g/mol. The number of para-hydroxylation sites is 1. The summed E-state index contributed by atoms with van der Waals surface area (Å²) in [6.45, 7) is 2.21. The van der Waals surface area contributed by atoms with Crippen molar-refractivity contribution in [2.75, 3.05) is 6.54 Å². The predicted molar refractivity (Wildman–Crippen MR) is 99.5 cm³/mol. The fourth-order valence-corrected chi connectivity index (χ4v) is 3.47. The SMILES string of the molecule is CCN1C(=O)/C(=C\c2ccccc2[N+](=O)[O-])SC1=Nc1ccc(F)cc1. The third-order valence-electron chi connectivity index (χ3n) is 3.68. The van der Waals surface area contributed by atoms with Gasteiger partial charge in [-0.3, -0.25) is 19.8 Å². The molecule has 0 atom stereocenters. The van der Waals surface area contributed by atoms with Crippen LogP contribution in [0.2, 0.25) is 0 Å². The first-order valence-corrected chi connectivity index (χ1v) is 8.60. The van der Waals surface area contributed by atoms with E-state index in [-0.39, 0.29) is 17.4 Å². The van der Waals surface area contributed by atoms with Crippen molar-refractivity contribution < 1.29 is 14.1 Å². The molecule has 1 heterocycles. The zero-order valence-electron chi connectivity index (χ0n) is 13.8. The minimum Gasteiger partial charge on any atom is -0.287 e. The van der Waals surface area contributed by atoms with Crippen LogP contribution in [0.25, 0.3) is 6.08 Å². The molecule has 2 aromatic carbocycles. The number of likely N-dealkylation sites (N-methyl/N-ethyl adjacent to an activating group) is 1. The molecule has 8 heteroatoms. The maximum Gasteiger partial charge on any atom is 0.276 e. The summed E-state index contributed by atoms with van der Waals surface area (Å²) < 4.78 is 13.0. The fraction of sp³-hybridized carbons (Fsp3) is 0.111. The van der Waals surface area contributed by atoms with Crippen molar-refractivity contribution in [2.24, 2.45) is 4.99 Å². The summed E-state index contributed by atoms with van der Waals surface area (Å²) in [4.78, 5) is 29.5. The standard InChI is InChI=1S/C18H14FN3O3S/c1-2-21-17(23)16(11-12-5-3-4-6-15(12)22(24)25)26-18(21)20-14-9-7-13(19)8-10-14/h3-11H,2H2,1H3/b16-11+,20-18?. The van der Waals surface area contributed by atoms with Gasteiger partial charge in [0, 0.05) is 12.6 Å². The van der Waals surface area contributed by atoms with Crippen LogP contribution in [-0.4, -0.2) is 27.4 Å². The van der Waals surface area contributed by atoms with Crippen LogP contribution in [0.3, 0.4) is 0 Å². The van der Waals surface area contributed by atoms with Crippen molar-refractivity contribution in [3.63, 3.8) is 0 Å². The van der Waals surface area contributed by atoms with Gasteiger partial charge >= 0.3 is 0 Å². The van der Waals surface area contributed by atoms with E-state index in [2.05, 4.69) is 4.99 Å². The van der Waals surface area contributed by atoms with Crippen LogP contribution in [0.5, 0.6) is 0 Å². The summed E-state index contributed by atoms with van der Waals surface area (Å²) >= 11 is 1.14. The van der Waals surface area contributed by atoms with E-state index in [0.29, 0.717) is 27.9 Å². The molecule has 1 aliphatic heterocycles. The zero-order valence-corrected chi connectivity index (χ0v) is 14.6. The van der Waals surface area contributed by atoms with E-state index in [1.54, 1.807) is 18.2 Å². The van der Waals surface area contributed by atoms with Gasteiger partial charge < -0.3 is 0 Å². The van der Waals surface area contributed by atoms with E-state index < -0.39 is 4.92 Å². The van der Waals surface area contributed by atoms with E-state index in [1.807, 2.05) is 6.92 Å². The van der Waals surface area contributed by atoms with Gasteiger partial charge in [-0.2, -0.15) is 0 Å². The molecule has 0 unspecified atom stereocenters. The number of hydrogen-bond donors (Lipinski definition) is 0. The molecule has 1 fully saturated rings. The lowest BCUT2D eigenvalue weighted by atomic mass is 10.1. The maximum atomic E-state index is 13.0. The van der Waals surface area contributed by atoms with Gasteiger partial charge in [0.15, 0.2) is 5.17 Å². The largest absolute Gasteiger partial charge is 0.287 e. The van der Waals surface area contributed by atoms with E-state index >= 15 is 0 Å². The first-order valence-electron chi connectivity index (χ1n) is 7.78. The minimum atomic E-state index is -0.485. The summed E-state index contributed by atoms with van der Waals surface area (Å²) in [7, 11) is 0. The number of rotatable bonds is 4. The van der Waals surface area contributed by atoms with Crippen molar-refractivity contribution in [1.82, 2.24) is 4.90 Å². The Labute approximate surface area is 153 Å². The zero-order chi connectivity index (χ0) is 18.7. The molecule has 132 valence electrons. The summed E-state index contributed by atoms with van der Waals surface area (Å²) in [5, 5.41) is 11.6. The summed E-state index contributed by atoms with van der Waals surface area (Å²) in [5.41, 5.74) is 0.805. The predicted octanol–water partition coefficient (Wildman–Crippen LogP) is 4.36. The van der Waals surface area contributed by atoms with Crippen molar-refractivity contribution in [3.05, 3.63) is 74.9 Å². The number of amides is 1. The number of aliphatic imine (C=N–C) groups is 1. The van der Waals surface area contributed by atoms with E-state index in [4.69, 9.17) is 0 Å². The molecule has 1 saturated heterocycles. The van der Waals surface area contributed by atoms with Gasteiger partial charge in [-0.1, -0.05) is 12.1 Å². The molecule has 0 aliphatic carbocycles. The lowest BCUT2D eigenvalue weighted by Gasteiger charge is -2.11. The molecule has 6 nitrogen and oxygen atoms in total. The third kappa shape index (κ3) is 3.65. The molecule has 0 spiro atoms. The number of nitro benzene ring substituents is 1. The van der Waals surface area contributed by atoms with Gasteiger partial charge in [0.25, 0.3) is 11.6 Å². The number of benzene rings is 2. The molecule has 1 aliphatic rings. The van der Waals surface area contributed by atoms with Crippen LogP contribution in [0, 0.1) is 15.9 Å². The molecule has 2 aromatic rings. The van der Waals surface area contributed by atoms with Crippen LogP contribution in [0.1, 0.15) is 12.5 Å². The summed E-state index contributed by atoms with van der Waals surface area (Å²) in [6, 6.07) is 11.8. The van der Waals surface area contributed by atoms with Gasteiger partial charge in [-0.25, -0.2) is 9.38 Å². The molecule has 0 N–H and O–H groups in total. The third-order valence-corrected chi connectivity index (χ3v) is 4.68. The smallest absolute Gasteiger partial charge is 0.276 e. The Morgan fingerprint density at radius 3 is 2.58 bits per heavy atom. The Morgan fingerprint density at radius 2 is 1.92 bits per heavy atom. The lowest BCUT2D eigenvalue weighted by Crippen LogP contribution is -2.28. The Bertz CT molecular complexity index is 926. The van der Waals surface area contributed by atoms with Gasteiger partial charge in [0.2, 0.25) is 0 Å². The quantitative estimate of drug-likeness (QED) is 0.455. The van der Waals surface area contributed by atoms with Crippen molar-refractivity contribution in [1.29, 1.82) is 0 Å². The number of nitro groups is 1. The van der Waals surface area contributed by atoms with Gasteiger partial charge in [0.05, 0.1) is 21.1 Å². The average molecular weight is 371 g/mol. The molecular formula is C18H14FN3O3S. The Balaban J connectivity index is 1.97. The summed E-state index contributed by atoms with van der Waals surface area (Å²) in [6.07, 6.45) is 1.50. The number of amidine groups is 1. The second-order valence-electron chi connectivity index (χ2n) is 5.35. The second-order valence-corrected chi connectivity index (χ2v) is 6.36. The number of nitrogens with zero attached hydrogens (tertiary/aromatic N) is 3. The normalized spacial score (nSPS) is 17.3. The van der Waals surface area contributed by atoms with E-state index in [0.717, 1.165) is 11.8 Å². The topological polar surface area (TPSA) is 75.8 Å². The highest BCUT2D eigenvalue weighted by molar-refractivity contribution is 8.18. The molecular weight excluding hydrogens is 357 g/mol. The second kappa shape index (κ2) is 7.49. The average Bonchev–Trinajstić information content (AvgIpc) is 2.92. The molecule has 26 heavy (non-hydrogen) atoms. The first-order chi connectivity index (χ1) is 12.5. The Morgan fingerprint density at radius 1 is 1.23 bits per heavy atom. The molecule has 0 saturated carbocycles. The highest BCUT2D eigenvalue weighted by Crippen LogP contribution is 2.35. The Hall–Kier alpha value is -3.00. The van der Waals surface area contributed by atoms with Crippen molar-refractivity contribution in [3.8, 4) is 0 Å². The maximum absolute atomic E-state index is 13.0. The number of halogens is 1. The molecule has 0 aromatic heterocycles. The van der Waals surface area contributed by atoms with E-state index in [9.17, 15) is 19.3 Å². The van der Waals surface area contributed by atoms with Crippen LogP contribution in [0.15, 0.2) is 58.4 Å². The number of carbonyl (C=O) groups excluding carboxylic acids is 1. The van der Waals surface area contributed by atoms with Crippen LogP contribution >= 0.6 is 11.8 Å².